The number of likely N-dealkylation sites (tertiary alicyclic amines) is 1. The van der Waals surface area contributed by atoms with E-state index in [0.717, 1.165) is 51.9 Å². The molecular weight excluding hydrogens is 625 g/mol. The highest BCUT2D eigenvalue weighted by atomic mass is 32.2. The fourth-order valence-electron chi connectivity index (χ4n) is 7.24. The third kappa shape index (κ3) is 7.56. The van der Waals surface area contributed by atoms with E-state index < -0.39 is 21.5 Å². The average Bonchev–Trinajstić information content (AvgIpc) is 3.86. The minimum atomic E-state index is -2.79. The third-order valence-corrected chi connectivity index (χ3v) is 12.0. The van der Waals surface area contributed by atoms with Gasteiger partial charge >= 0.3 is 0 Å². The van der Waals surface area contributed by atoms with Crippen molar-refractivity contribution in [2.75, 3.05) is 44.2 Å². The molecule has 3 aliphatic heterocycles. The first-order chi connectivity index (χ1) is 22.3. The number of β-amino-alcohol motifs (C(OH)–C–C–N with tert-alkyl or cyclic N) is 1. The van der Waals surface area contributed by atoms with E-state index in [0.29, 0.717) is 31.0 Å². The van der Waals surface area contributed by atoms with Crippen molar-refractivity contribution in [3.8, 4) is 11.5 Å². The molecule has 3 saturated heterocycles. The van der Waals surface area contributed by atoms with E-state index in [1.165, 1.54) is 24.5 Å². The lowest BCUT2D eigenvalue weighted by Gasteiger charge is -2.55. The van der Waals surface area contributed by atoms with Crippen LogP contribution in [-0.4, -0.2) is 103 Å². The Kier molecular flexibility index (Phi) is 9.53. The van der Waals surface area contributed by atoms with Crippen molar-refractivity contribution in [3.05, 3.63) is 42.1 Å². The summed E-state index contributed by atoms with van der Waals surface area (Å²) in [5, 5.41) is 11.1. The molecule has 0 bridgehead atoms. The quantitative estimate of drug-likeness (QED) is 0.321. The zero-order valence-corrected chi connectivity index (χ0v) is 28.6. The molecule has 14 heteroatoms. The molecule has 3 atom stereocenters. The van der Waals surface area contributed by atoms with Gasteiger partial charge in [0.25, 0.3) is 5.91 Å². The van der Waals surface area contributed by atoms with Crippen LogP contribution in [0.3, 0.4) is 0 Å². The Labute approximate surface area is 277 Å². The molecule has 4 heterocycles. The number of aromatic nitrogens is 2. The van der Waals surface area contributed by atoms with Crippen molar-refractivity contribution < 1.29 is 28.0 Å². The second kappa shape index (κ2) is 13.2. The minimum Gasteiger partial charge on any atom is -0.451 e. The molecule has 1 unspecified atom stereocenters. The predicted octanol–water partition coefficient (Wildman–Crippen LogP) is 4.15. The van der Waals surface area contributed by atoms with Gasteiger partial charge in [0.15, 0.2) is 17.4 Å². The third-order valence-electron chi connectivity index (χ3n) is 9.91. The SMILES string of the molecule is CC(C)N(C(=O)c1cc(F)ccc1Oc1cncnc1N1CC2(CCN(C[C@@]3(O)CC[C@@H](NS(=N)(=O)C4CC4)CO3)CC2)C1)C(C)C. The smallest absolute Gasteiger partial charge is 0.258 e. The predicted molar refractivity (Wildman–Crippen MR) is 176 cm³/mol. The maximum atomic E-state index is 14.4. The van der Waals surface area contributed by atoms with Crippen molar-refractivity contribution in [3.63, 3.8) is 0 Å². The summed E-state index contributed by atoms with van der Waals surface area (Å²) >= 11 is 0. The van der Waals surface area contributed by atoms with Crippen LogP contribution >= 0.6 is 0 Å². The number of carbonyl (C=O) groups is 1. The van der Waals surface area contributed by atoms with Gasteiger partial charge in [-0.05, 0) is 91.1 Å². The minimum absolute atomic E-state index is 0.0520. The van der Waals surface area contributed by atoms with Gasteiger partial charge in [0.1, 0.15) is 27.8 Å². The molecule has 4 aliphatic rings. The fraction of sp³-hybridized carbons (Fsp3) is 0.667. The number of carbonyl (C=O) groups excluding carboxylic acids is 1. The fourth-order valence-corrected chi connectivity index (χ4v) is 8.91. The number of anilines is 1. The Morgan fingerprint density at radius 3 is 2.49 bits per heavy atom. The first-order valence-corrected chi connectivity index (χ1v) is 18.4. The molecule has 12 nitrogen and oxygen atoms in total. The van der Waals surface area contributed by atoms with Gasteiger partial charge in [0.2, 0.25) is 0 Å². The Balaban J connectivity index is 1.04. The number of hydrogen-bond acceptors (Lipinski definition) is 10. The summed E-state index contributed by atoms with van der Waals surface area (Å²) in [6, 6.07) is 3.66. The summed E-state index contributed by atoms with van der Waals surface area (Å²) in [4.78, 5) is 28.3. The Bertz CT molecular complexity index is 1540. The highest BCUT2D eigenvalue weighted by Gasteiger charge is 2.47. The zero-order chi connectivity index (χ0) is 33.6. The number of hydrogen-bond donors (Lipinski definition) is 3. The van der Waals surface area contributed by atoms with Crippen molar-refractivity contribution in [2.45, 2.75) is 95.4 Å². The van der Waals surface area contributed by atoms with Crippen LogP contribution in [0.15, 0.2) is 30.7 Å². The number of ether oxygens (including phenoxy) is 2. The summed E-state index contributed by atoms with van der Waals surface area (Å²) in [5.41, 5.74) is 0.270. The number of halogens is 1. The largest absolute Gasteiger partial charge is 0.451 e. The highest BCUT2D eigenvalue weighted by molar-refractivity contribution is 7.91. The molecule has 0 radical (unpaired) electrons. The molecule has 4 fully saturated rings. The Morgan fingerprint density at radius 2 is 1.87 bits per heavy atom. The summed E-state index contributed by atoms with van der Waals surface area (Å²) in [7, 11) is -2.79. The molecule has 6 rings (SSSR count). The van der Waals surface area contributed by atoms with Crippen LogP contribution < -0.4 is 14.4 Å². The van der Waals surface area contributed by atoms with Crippen LogP contribution in [0.1, 0.15) is 76.6 Å². The molecule has 2 aromatic rings. The number of benzene rings is 1. The number of piperidine rings is 1. The van der Waals surface area contributed by atoms with E-state index in [1.807, 2.05) is 27.7 Å². The lowest BCUT2D eigenvalue weighted by atomic mass is 9.72. The second-order valence-corrected chi connectivity index (χ2v) is 16.5. The van der Waals surface area contributed by atoms with Gasteiger partial charge in [0, 0.05) is 43.1 Å². The standard InChI is InChI=1S/C33H48FN7O5S/c1-22(2)41(23(3)4)31(42)27-15-24(34)5-8-28(27)46-29-16-36-21-37-30(29)40-18-32(19-40)11-13-39(14-12-32)20-33(43)10-9-25(17-45-33)38-47(35,44)26-6-7-26/h5,8,15-16,21-23,25-26,43H,6-7,9-14,17-20H2,1-4H3,(H2,35,38,44)/t25-,33-,47?/m1/s1. The van der Waals surface area contributed by atoms with Crippen molar-refractivity contribution >= 4 is 21.6 Å². The van der Waals surface area contributed by atoms with Gasteiger partial charge in [0.05, 0.1) is 30.2 Å². The van der Waals surface area contributed by atoms with Gasteiger partial charge in [-0.1, -0.05) is 0 Å². The Morgan fingerprint density at radius 1 is 1.17 bits per heavy atom. The number of nitrogens with zero attached hydrogens (tertiary/aromatic N) is 5. The molecule has 47 heavy (non-hydrogen) atoms. The Hall–Kier alpha value is -2.91. The summed E-state index contributed by atoms with van der Waals surface area (Å²) < 4.78 is 50.1. The highest BCUT2D eigenvalue weighted by Crippen LogP contribution is 2.45. The van der Waals surface area contributed by atoms with Gasteiger partial charge in [-0.25, -0.2) is 28.1 Å². The molecule has 258 valence electrons. The van der Waals surface area contributed by atoms with E-state index in [-0.39, 0.29) is 52.6 Å². The van der Waals surface area contributed by atoms with Gasteiger partial charge < -0.3 is 24.4 Å². The molecular formula is C33H48FN7O5S. The van der Waals surface area contributed by atoms with Gasteiger partial charge in [-0.15, -0.1) is 0 Å². The van der Waals surface area contributed by atoms with Crippen LogP contribution in [0.2, 0.25) is 0 Å². The molecule has 1 saturated carbocycles. The lowest BCUT2D eigenvalue weighted by molar-refractivity contribution is -0.239. The van der Waals surface area contributed by atoms with Crippen LogP contribution in [0.4, 0.5) is 10.2 Å². The van der Waals surface area contributed by atoms with E-state index in [4.69, 9.17) is 14.3 Å². The second-order valence-electron chi connectivity index (χ2n) is 14.4. The number of aliphatic hydroxyl groups is 1. The molecule has 3 N–H and O–H groups in total. The van der Waals surface area contributed by atoms with Crippen molar-refractivity contribution in [2.24, 2.45) is 5.41 Å². The molecule has 1 aromatic heterocycles. The van der Waals surface area contributed by atoms with Gasteiger partial charge in [-0.2, -0.15) is 0 Å². The molecule has 1 aliphatic carbocycles. The maximum Gasteiger partial charge on any atom is 0.258 e. The van der Waals surface area contributed by atoms with Crippen LogP contribution in [0, 0.1) is 16.0 Å². The number of amides is 1. The van der Waals surface area contributed by atoms with E-state index in [1.54, 1.807) is 11.1 Å². The molecule has 1 aromatic carbocycles. The lowest BCUT2D eigenvalue weighted by Crippen LogP contribution is -2.62. The van der Waals surface area contributed by atoms with Crippen LogP contribution in [0.25, 0.3) is 0 Å². The topological polar surface area (TPSA) is 144 Å². The summed E-state index contributed by atoms with van der Waals surface area (Å²) in [6.45, 7) is 11.6. The number of rotatable bonds is 11. The average molecular weight is 674 g/mol. The zero-order valence-electron chi connectivity index (χ0n) is 27.8. The monoisotopic (exact) mass is 673 g/mol. The normalized spacial score (nSPS) is 25.9. The first-order valence-electron chi connectivity index (χ1n) is 16.8. The van der Waals surface area contributed by atoms with E-state index >= 15 is 0 Å². The maximum absolute atomic E-state index is 14.4. The van der Waals surface area contributed by atoms with Crippen LogP contribution in [-0.2, 0) is 14.7 Å². The van der Waals surface area contributed by atoms with E-state index in [2.05, 4.69) is 24.5 Å². The first kappa shape index (κ1) is 34.0. The summed E-state index contributed by atoms with van der Waals surface area (Å²) in [5.74, 6) is -0.768. The van der Waals surface area contributed by atoms with Crippen molar-refractivity contribution in [1.82, 2.24) is 24.5 Å². The molecule has 1 amide bonds. The van der Waals surface area contributed by atoms with Crippen molar-refractivity contribution in [1.29, 1.82) is 4.78 Å². The van der Waals surface area contributed by atoms with Gasteiger partial charge in [-0.3, -0.25) is 9.69 Å². The van der Waals surface area contributed by atoms with E-state index in [9.17, 15) is 18.5 Å². The summed E-state index contributed by atoms with van der Waals surface area (Å²) in [6.07, 6.45) is 7.71. The molecule has 1 spiro atoms. The van der Waals surface area contributed by atoms with Crippen LogP contribution in [0.5, 0.6) is 11.5 Å². The number of nitrogens with one attached hydrogen (secondary N) is 2.